The van der Waals surface area contributed by atoms with Crippen LogP contribution in [0.1, 0.15) is 18.1 Å². The molecule has 0 atom stereocenters. The van der Waals surface area contributed by atoms with Crippen LogP contribution in [-0.4, -0.2) is 32.8 Å². The van der Waals surface area contributed by atoms with Gasteiger partial charge in [0, 0.05) is 11.3 Å². The van der Waals surface area contributed by atoms with E-state index in [0.717, 1.165) is 44.5 Å². The average molecular weight is 365 g/mol. The van der Waals surface area contributed by atoms with E-state index in [1.807, 2.05) is 30.0 Å². The molecule has 0 spiro atoms. The van der Waals surface area contributed by atoms with Gasteiger partial charge in [0.05, 0.1) is 38.3 Å². The number of piperazine rings is 1. The van der Waals surface area contributed by atoms with E-state index in [1.165, 1.54) is 22.6 Å². The maximum atomic E-state index is 12.9. The molecule has 0 aromatic heterocycles. The van der Waals surface area contributed by atoms with E-state index >= 15 is 0 Å². The SMILES string of the molecule is CCOc1ccccc1C[NH+]1CCN(c2cccc(C(F)(F)F)c2)CC1. The van der Waals surface area contributed by atoms with Crippen LogP contribution in [-0.2, 0) is 12.7 Å². The molecule has 0 radical (unpaired) electrons. The Kier molecular flexibility index (Phi) is 5.71. The zero-order chi connectivity index (χ0) is 18.6. The number of anilines is 1. The first-order valence-corrected chi connectivity index (χ1v) is 8.94. The Balaban J connectivity index is 1.62. The van der Waals surface area contributed by atoms with Gasteiger partial charge in [0.15, 0.2) is 0 Å². The molecule has 1 fully saturated rings. The fourth-order valence-corrected chi connectivity index (χ4v) is 3.35. The summed E-state index contributed by atoms with van der Waals surface area (Å²) in [5.74, 6) is 0.919. The van der Waals surface area contributed by atoms with Crippen molar-refractivity contribution < 1.29 is 22.8 Å². The largest absolute Gasteiger partial charge is 0.493 e. The molecule has 140 valence electrons. The second kappa shape index (κ2) is 7.99. The Hall–Kier alpha value is -2.21. The number of ether oxygens (including phenoxy) is 1. The summed E-state index contributed by atoms with van der Waals surface area (Å²) < 4.78 is 44.4. The lowest BCUT2D eigenvalue weighted by Gasteiger charge is -2.34. The molecular weight excluding hydrogens is 341 g/mol. The van der Waals surface area contributed by atoms with E-state index in [0.29, 0.717) is 12.3 Å². The lowest BCUT2D eigenvalue weighted by molar-refractivity contribution is -0.914. The molecule has 0 aliphatic carbocycles. The van der Waals surface area contributed by atoms with Gasteiger partial charge in [0.25, 0.3) is 0 Å². The van der Waals surface area contributed by atoms with Gasteiger partial charge in [-0.05, 0) is 37.3 Å². The van der Waals surface area contributed by atoms with Gasteiger partial charge in [-0.1, -0.05) is 18.2 Å². The van der Waals surface area contributed by atoms with Crippen LogP contribution >= 0.6 is 0 Å². The Bertz CT molecular complexity index is 725. The van der Waals surface area contributed by atoms with Crippen molar-refractivity contribution in [1.29, 1.82) is 0 Å². The van der Waals surface area contributed by atoms with Crippen LogP contribution in [0, 0.1) is 0 Å². The highest BCUT2D eigenvalue weighted by Gasteiger charge is 2.31. The van der Waals surface area contributed by atoms with E-state index in [2.05, 4.69) is 6.07 Å². The molecule has 0 bridgehead atoms. The summed E-state index contributed by atoms with van der Waals surface area (Å²) in [6.07, 6.45) is -4.30. The number of hydrogen-bond donors (Lipinski definition) is 1. The maximum absolute atomic E-state index is 12.9. The minimum Gasteiger partial charge on any atom is -0.493 e. The van der Waals surface area contributed by atoms with Crippen LogP contribution in [0.2, 0.25) is 0 Å². The molecule has 1 aliphatic rings. The molecule has 26 heavy (non-hydrogen) atoms. The highest BCUT2D eigenvalue weighted by molar-refractivity contribution is 5.49. The molecule has 0 amide bonds. The third-order valence-corrected chi connectivity index (χ3v) is 4.72. The van der Waals surface area contributed by atoms with Gasteiger partial charge in [-0.3, -0.25) is 0 Å². The lowest BCUT2D eigenvalue weighted by atomic mass is 10.1. The zero-order valence-corrected chi connectivity index (χ0v) is 14.9. The summed E-state index contributed by atoms with van der Waals surface area (Å²) in [6.45, 7) is 6.73. The van der Waals surface area contributed by atoms with Gasteiger partial charge in [-0.2, -0.15) is 13.2 Å². The molecule has 2 aromatic rings. The van der Waals surface area contributed by atoms with Crippen molar-refractivity contribution in [2.24, 2.45) is 0 Å². The maximum Gasteiger partial charge on any atom is 0.416 e. The van der Waals surface area contributed by atoms with Gasteiger partial charge in [-0.15, -0.1) is 0 Å². The fraction of sp³-hybridized carbons (Fsp3) is 0.400. The van der Waals surface area contributed by atoms with Crippen LogP contribution in [0.3, 0.4) is 0 Å². The highest BCUT2D eigenvalue weighted by Crippen LogP contribution is 2.31. The van der Waals surface area contributed by atoms with Crippen molar-refractivity contribution in [3.05, 3.63) is 59.7 Å². The van der Waals surface area contributed by atoms with Crippen molar-refractivity contribution in [3.8, 4) is 5.75 Å². The number of rotatable bonds is 5. The summed E-state index contributed by atoms with van der Waals surface area (Å²) in [5.41, 5.74) is 1.24. The van der Waals surface area contributed by atoms with Crippen molar-refractivity contribution >= 4 is 5.69 Å². The first-order chi connectivity index (χ1) is 12.5. The third kappa shape index (κ3) is 4.49. The molecule has 6 heteroatoms. The molecule has 3 nitrogen and oxygen atoms in total. The summed E-state index contributed by atoms with van der Waals surface area (Å²) in [4.78, 5) is 3.45. The highest BCUT2D eigenvalue weighted by atomic mass is 19.4. The normalized spacial score (nSPS) is 15.9. The van der Waals surface area contributed by atoms with Crippen molar-refractivity contribution in [3.63, 3.8) is 0 Å². The van der Waals surface area contributed by atoms with Crippen molar-refractivity contribution in [2.75, 3.05) is 37.7 Å². The first-order valence-electron chi connectivity index (χ1n) is 8.94. The smallest absolute Gasteiger partial charge is 0.416 e. The van der Waals surface area contributed by atoms with Gasteiger partial charge < -0.3 is 14.5 Å². The second-order valence-corrected chi connectivity index (χ2v) is 6.50. The van der Waals surface area contributed by atoms with Crippen LogP contribution < -0.4 is 14.5 Å². The first kappa shape index (κ1) is 18.6. The van der Waals surface area contributed by atoms with Gasteiger partial charge in [0.2, 0.25) is 0 Å². The molecule has 1 N–H and O–H groups in total. The number of hydrogen-bond acceptors (Lipinski definition) is 2. The zero-order valence-electron chi connectivity index (χ0n) is 14.9. The minimum absolute atomic E-state index is 0.588. The molecular formula is C20H24F3N2O+. The molecule has 1 aliphatic heterocycles. The number of alkyl halides is 3. The van der Waals surface area contributed by atoms with Crippen LogP contribution in [0.5, 0.6) is 5.75 Å². The Morgan fingerprint density at radius 1 is 1.04 bits per heavy atom. The Labute approximate surface area is 152 Å². The number of quaternary nitrogens is 1. The Morgan fingerprint density at radius 2 is 1.77 bits per heavy atom. The van der Waals surface area contributed by atoms with Crippen LogP contribution in [0.15, 0.2) is 48.5 Å². The molecule has 1 saturated heterocycles. The van der Waals surface area contributed by atoms with E-state index < -0.39 is 11.7 Å². The topological polar surface area (TPSA) is 16.9 Å². The number of nitrogens with one attached hydrogen (secondary N) is 1. The predicted octanol–water partition coefficient (Wildman–Crippen LogP) is 3.01. The summed E-state index contributed by atoms with van der Waals surface area (Å²) >= 11 is 0. The van der Waals surface area contributed by atoms with Gasteiger partial charge in [0.1, 0.15) is 12.3 Å². The van der Waals surface area contributed by atoms with E-state index in [1.54, 1.807) is 6.07 Å². The van der Waals surface area contributed by atoms with E-state index in [-0.39, 0.29) is 0 Å². The van der Waals surface area contributed by atoms with Crippen molar-refractivity contribution in [2.45, 2.75) is 19.6 Å². The van der Waals surface area contributed by atoms with Crippen LogP contribution in [0.4, 0.5) is 18.9 Å². The second-order valence-electron chi connectivity index (χ2n) is 6.50. The predicted molar refractivity (Wildman–Crippen MR) is 95.7 cm³/mol. The molecule has 1 heterocycles. The summed E-state index contributed by atoms with van der Waals surface area (Å²) in [7, 11) is 0. The van der Waals surface area contributed by atoms with Gasteiger partial charge in [-0.25, -0.2) is 0 Å². The Morgan fingerprint density at radius 3 is 2.46 bits per heavy atom. The molecule has 0 saturated carbocycles. The van der Waals surface area contributed by atoms with Crippen molar-refractivity contribution in [1.82, 2.24) is 0 Å². The number of para-hydroxylation sites is 1. The number of nitrogens with zero attached hydrogens (tertiary/aromatic N) is 1. The van der Waals surface area contributed by atoms with E-state index in [4.69, 9.17) is 4.74 Å². The van der Waals surface area contributed by atoms with Gasteiger partial charge >= 0.3 is 6.18 Å². The number of halogens is 3. The summed E-state index contributed by atoms with van der Waals surface area (Å²) in [5, 5.41) is 0. The standard InChI is InChI=1S/C20H23F3N2O/c1-2-26-19-9-4-3-6-16(19)15-24-10-12-25(13-11-24)18-8-5-7-17(14-18)20(21,22)23/h3-9,14H,2,10-13,15H2,1H3/p+1. The lowest BCUT2D eigenvalue weighted by Crippen LogP contribution is -3.13. The van der Waals surface area contributed by atoms with E-state index in [9.17, 15) is 13.2 Å². The quantitative estimate of drug-likeness (QED) is 0.877. The summed E-state index contributed by atoms with van der Waals surface area (Å²) in [6, 6.07) is 13.6. The average Bonchev–Trinajstić information content (AvgIpc) is 2.64. The minimum atomic E-state index is -4.30. The molecule has 2 aromatic carbocycles. The fourth-order valence-electron chi connectivity index (χ4n) is 3.35. The molecule has 0 unspecified atom stereocenters. The van der Waals surface area contributed by atoms with Crippen LogP contribution in [0.25, 0.3) is 0 Å². The third-order valence-electron chi connectivity index (χ3n) is 4.72. The monoisotopic (exact) mass is 365 g/mol. The molecule has 3 rings (SSSR count). The number of benzene rings is 2.